The summed E-state index contributed by atoms with van der Waals surface area (Å²) in [5, 5.41) is 0.423. The van der Waals surface area contributed by atoms with Crippen LogP contribution in [0.2, 0.25) is 0 Å². The summed E-state index contributed by atoms with van der Waals surface area (Å²) in [4.78, 5) is 33.5. The number of hydrogen-bond acceptors (Lipinski definition) is 5. The smallest absolute Gasteiger partial charge is 0.296 e. The number of unbranched alkanes of at least 4 members (excludes halogenated alkanes) is 3. The van der Waals surface area contributed by atoms with Crippen molar-refractivity contribution in [2.75, 3.05) is 11.5 Å². The molecule has 3 heterocycles. The van der Waals surface area contributed by atoms with E-state index in [9.17, 15) is 9.59 Å². The Morgan fingerprint density at radius 3 is 2.58 bits per heavy atom. The van der Waals surface area contributed by atoms with Crippen molar-refractivity contribution in [3.63, 3.8) is 0 Å². The van der Waals surface area contributed by atoms with Gasteiger partial charge in [0, 0.05) is 10.2 Å². The van der Waals surface area contributed by atoms with E-state index < -0.39 is 6.04 Å². The van der Waals surface area contributed by atoms with E-state index in [1.54, 1.807) is 29.2 Å². The molecular weight excluding hydrogens is 520 g/mol. The fraction of sp³-hybridized carbons (Fsp3) is 0.276. The molecule has 1 atom stereocenters. The zero-order valence-corrected chi connectivity index (χ0v) is 21.9. The third-order valence-corrected chi connectivity index (χ3v) is 6.91. The first-order valence-corrected chi connectivity index (χ1v) is 13.0. The standard InChI is InChI=1S/C29H27BrN2O4/c1-3-4-5-6-16-35-21-13-10-19(11-14-21)26-25-27(33)22-17-20(30)12-15-23(22)36-28(25)29(34)32(26)24-9-7-8-18(2)31-24/h7-15,17,26H,3-6,16H2,1-2H3. The minimum atomic E-state index is -0.667. The van der Waals surface area contributed by atoms with Gasteiger partial charge in [-0.2, -0.15) is 0 Å². The van der Waals surface area contributed by atoms with Crippen molar-refractivity contribution in [3.8, 4) is 5.75 Å². The molecule has 1 aliphatic heterocycles. The second-order valence-electron chi connectivity index (χ2n) is 9.01. The largest absolute Gasteiger partial charge is 0.494 e. The Bertz CT molecular complexity index is 1480. The summed E-state index contributed by atoms with van der Waals surface area (Å²) >= 11 is 3.44. The average Bonchev–Trinajstić information content (AvgIpc) is 3.17. The molecule has 6 nitrogen and oxygen atoms in total. The molecule has 0 aliphatic carbocycles. The van der Waals surface area contributed by atoms with Crippen LogP contribution in [0, 0.1) is 6.92 Å². The van der Waals surface area contributed by atoms with E-state index in [1.165, 1.54) is 12.8 Å². The zero-order valence-electron chi connectivity index (χ0n) is 20.3. The molecule has 0 saturated carbocycles. The summed E-state index contributed by atoms with van der Waals surface area (Å²) in [6, 6.07) is 17.6. The molecule has 0 N–H and O–H groups in total. The lowest BCUT2D eigenvalue weighted by Gasteiger charge is -2.24. The van der Waals surface area contributed by atoms with Gasteiger partial charge in [-0.05, 0) is 61.4 Å². The summed E-state index contributed by atoms with van der Waals surface area (Å²) in [6.07, 6.45) is 4.54. The van der Waals surface area contributed by atoms with E-state index in [0.29, 0.717) is 29.0 Å². The molecule has 36 heavy (non-hydrogen) atoms. The predicted molar refractivity (Wildman–Crippen MR) is 144 cm³/mol. The van der Waals surface area contributed by atoms with E-state index in [1.807, 2.05) is 43.3 Å². The number of pyridine rings is 1. The van der Waals surface area contributed by atoms with Crippen LogP contribution in [0.25, 0.3) is 11.0 Å². The van der Waals surface area contributed by atoms with Gasteiger partial charge in [-0.25, -0.2) is 4.98 Å². The van der Waals surface area contributed by atoms with Crippen molar-refractivity contribution in [1.29, 1.82) is 0 Å². The Morgan fingerprint density at radius 1 is 1.03 bits per heavy atom. The summed E-state index contributed by atoms with van der Waals surface area (Å²) in [7, 11) is 0. The van der Waals surface area contributed by atoms with Gasteiger partial charge in [0.15, 0.2) is 5.43 Å². The third kappa shape index (κ3) is 4.55. The van der Waals surface area contributed by atoms with Gasteiger partial charge >= 0.3 is 0 Å². The van der Waals surface area contributed by atoms with Crippen molar-refractivity contribution < 1.29 is 13.9 Å². The lowest BCUT2D eigenvalue weighted by molar-refractivity contribution is 0.0970. The Labute approximate surface area is 218 Å². The number of ether oxygens (including phenoxy) is 1. The van der Waals surface area contributed by atoms with Crippen LogP contribution in [-0.4, -0.2) is 17.5 Å². The number of fused-ring (bicyclic) bond motifs is 2. The lowest BCUT2D eigenvalue weighted by Crippen LogP contribution is -2.30. The first kappa shape index (κ1) is 24.3. The fourth-order valence-corrected chi connectivity index (χ4v) is 4.99. The van der Waals surface area contributed by atoms with Gasteiger partial charge in [-0.15, -0.1) is 0 Å². The molecule has 2 aromatic heterocycles. The van der Waals surface area contributed by atoms with E-state index in [0.717, 1.165) is 34.3 Å². The van der Waals surface area contributed by atoms with Crippen LogP contribution >= 0.6 is 15.9 Å². The van der Waals surface area contributed by atoms with Crippen LogP contribution in [-0.2, 0) is 0 Å². The molecule has 0 radical (unpaired) electrons. The van der Waals surface area contributed by atoms with Gasteiger partial charge in [-0.3, -0.25) is 14.5 Å². The van der Waals surface area contributed by atoms with Crippen LogP contribution in [0.1, 0.15) is 66.0 Å². The maximum Gasteiger partial charge on any atom is 0.296 e. The van der Waals surface area contributed by atoms with Gasteiger partial charge in [0.1, 0.15) is 17.2 Å². The molecule has 2 aromatic carbocycles. The highest BCUT2D eigenvalue weighted by molar-refractivity contribution is 9.10. The van der Waals surface area contributed by atoms with Crippen molar-refractivity contribution in [1.82, 2.24) is 4.98 Å². The molecule has 0 saturated heterocycles. The zero-order chi connectivity index (χ0) is 25.2. The van der Waals surface area contributed by atoms with Crippen LogP contribution in [0.4, 0.5) is 5.82 Å². The Balaban J connectivity index is 1.58. The van der Waals surface area contributed by atoms with Crippen LogP contribution < -0.4 is 15.1 Å². The summed E-state index contributed by atoms with van der Waals surface area (Å²) in [6.45, 7) is 4.71. The topological polar surface area (TPSA) is 72.6 Å². The summed E-state index contributed by atoms with van der Waals surface area (Å²) in [5.41, 5.74) is 2.03. The fourth-order valence-electron chi connectivity index (χ4n) is 4.62. The summed E-state index contributed by atoms with van der Waals surface area (Å²) < 4.78 is 12.7. The number of carbonyl (C=O) groups is 1. The molecule has 0 fully saturated rings. The van der Waals surface area contributed by atoms with Gasteiger partial charge in [-0.1, -0.05) is 60.3 Å². The number of rotatable bonds is 8. The summed E-state index contributed by atoms with van der Waals surface area (Å²) in [5.74, 6) is 0.900. The molecule has 1 aliphatic rings. The molecule has 184 valence electrons. The van der Waals surface area contributed by atoms with Crippen LogP contribution in [0.5, 0.6) is 5.75 Å². The number of benzene rings is 2. The lowest BCUT2D eigenvalue weighted by atomic mass is 9.98. The van der Waals surface area contributed by atoms with E-state index in [2.05, 4.69) is 27.8 Å². The number of hydrogen-bond donors (Lipinski definition) is 0. The van der Waals surface area contributed by atoms with Gasteiger partial charge in [0.25, 0.3) is 5.91 Å². The van der Waals surface area contributed by atoms with E-state index >= 15 is 0 Å². The third-order valence-electron chi connectivity index (χ3n) is 6.42. The van der Waals surface area contributed by atoms with E-state index in [4.69, 9.17) is 9.15 Å². The minimum absolute atomic E-state index is 0.0550. The molecular formula is C29H27BrN2O4. The number of halogens is 1. The maximum atomic E-state index is 13.7. The van der Waals surface area contributed by atoms with Crippen molar-refractivity contribution in [2.24, 2.45) is 0 Å². The number of amides is 1. The number of aryl methyl sites for hydroxylation is 1. The minimum Gasteiger partial charge on any atom is -0.494 e. The number of nitrogens with zero attached hydrogens (tertiary/aromatic N) is 2. The van der Waals surface area contributed by atoms with Crippen molar-refractivity contribution in [2.45, 2.75) is 45.6 Å². The molecule has 1 unspecified atom stereocenters. The first-order chi connectivity index (χ1) is 17.5. The number of carbonyl (C=O) groups excluding carboxylic acids is 1. The normalized spacial score (nSPS) is 14.9. The second kappa shape index (κ2) is 10.3. The first-order valence-electron chi connectivity index (χ1n) is 12.2. The molecule has 0 bridgehead atoms. The Morgan fingerprint density at radius 2 is 1.83 bits per heavy atom. The highest BCUT2D eigenvalue weighted by atomic mass is 79.9. The number of anilines is 1. The molecule has 7 heteroatoms. The Kier molecular flexibility index (Phi) is 6.92. The van der Waals surface area contributed by atoms with Crippen LogP contribution in [0.15, 0.2) is 74.3 Å². The molecule has 0 spiro atoms. The molecule has 1 amide bonds. The quantitative estimate of drug-likeness (QED) is 0.223. The molecule has 5 rings (SSSR count). The van der Waals surface area contributed by atoms with Crippen molar-refractivity contribution in [3.05, 3.63) is 97.9 Å². The SMILES string of the molecule is CCCCCCOc1ccc(C2c3c(oc4ccc(Br)cc4c3=O)C(=O)N2c2cccc(C)n2)cc1. The van der Waals surface area contributed by atoms with Crippen LogP contribution in [0.3, 0.4) is 0 Å². The van der Waals surface area contributed by atoms with E-state index in [-0.39, 0.29) is 17.1 Å². The maximum absolute atomic E-state index is 13.7. The van der Waals surface area contributed by atoms with Gasteiger partial charge < -0.3 is 9.15 Å². The average molecular weight is 547 g/mol. The second-order valence-corrected chi connectivity index (χ2v) is 9.92. The predicted octanol–water partition coefficient (Wildman–Crippen LogP) is 6.97. The highest BCUT2D eigenvalue weighted by Gasteiger charge is 2.44. The van der Waals surface area contributed by atoms with Gasteiger partial charge in [0.05, 0.1) is 23.6 Å². The highest BCUT2D eigenvalue weighted by Crippen LogP contribution is 2.41. The van der Waals surface area contributed by atoms with Gasteiger partial charge in [0.2, 0.25) is 5.76 Å². The number of aromatic nitrogens is 1. The Hall–Kier alpha value is -3.45. The monoisotopic (exact) mass is 546 g/mol. The molecule has 4 aromatic rings. The van der Waals surface area contributed by atoms with Crippen molar-refractivity contribution >= 4 is 38.6 Å².